The average molecular weight is 261 g/mol. The third kappa shape index (κ3) is 4.52. The number of nitrogens with zero attached hydrogens (tertiary/aromatic N) is 3. The Morgan fingerprint density at radius 3 is 2.37 bits per heavy atom. The minimum Gasteiger partial charge on any atom is -0.492 e. The van der Waals surface area contributed by atoms with E-state index in [1.54, 1.807) is 0 Å². The van der Waals surface area contributed by atoms with Gasteiger partial charge in [-0.15, -0.1) is 0 Å². The van der Waals surface area contributed by atoms with Crippen molar-refractivity contribution in [2.75, 3.05) is 13.2 Å². The highest BCUT2D eigenvalue weighted by Gasteiger charge is 2.16. The SMILES string of the molecule is N#CCCOc1ccc(OCCC#N)c([N+](=O)[O-])c1. The summed E-state index contributed by atoms with van der Waals surface area (Å²) < 4.78 is 10.3. The molecular weight excluding hydrogens is 250 g/mol. The van der Waals surface area contributed by atoms with E-state index in [9.17, 15) is 10.1 Å². The summed E-state index contributed by atoms with van der Waals surface area (Å²) in [5.41, 5.74) is -0.229. The van der Waals surface area contributed by atoms with E-state index < -0.39 is 4.92 Å². The lowest BCUT2D eigenvalue weighted by Crippen LogP contribution is -2.01. The molecule has 0 spiro atoms. The van der Waals surface area contributed by atoms with Crippen LogP contribution in [-0.2, 0) is 0 Å². The maximum absolute atomic E-state index is 10.9. The molecule has 0 fully saturated rings. The second-order valence-corrected chi connectivity index (χ2v) is 3.40. The third-order valence-corrected chi connectivity index (χ3v) is 2.08. The first kappa shape index (κ1) is 14.3. The smallest absolute Gasteiger partial charge is 0.314 e. The van der Waals surface area contributed by atoms with Crippen molar-refractivity contribution < 1.29 is 14.4 Å². The number of ether oxygens (including phenoxy) is 2. The van der Waals surface area contributed by atoms with Gasteiger partial charge in [0, 0.05) is 0 Å². The molecule has 1 rings (SSSR count). The van der Waals surface area contributed by atoms with Gasteiger partial charge in [0.25, 0.3) is 0 Å². The zero-order valence-corrected chi connectivity index (χ0v) is 10.0. The van der Waals surface area contributed by atoms with E-state index in [0.29, 0.717) is 5.75 Å². The van der Waals surface area contributed by atoms with Crippen molar-refractivity contribution in [1.82, 2.24) is 0 Å². The summed E-state index contributed by atoms with van der Waals surface area (Å²) in [6.07, 6.45) is 0.353. The van der Waals surface area contributed by atoms with Crippen LogP contribution in [0.4, 0.5) is 5.69 Å². The zero-order valence-electron chi connectivity index (χ0n) is 10.0. The summed E-state index contributed by atoms with van der Waals surface area (Å²) >= 11 is 0. The molecule has 0 atom stereocenters. The summed E-state index contributed by atoms with van der Waals surface area (Å²) in [6.45, 7) is 0.258. The van der Waals surface area contributed by atoms with E-state index in [1.807, 2.05) is 12.1 Å². The quantitative estimate of drug-likeness (QED) is 0.422. The summed E-state index contributed by atoms with van der Waals surface area (Å²) in [6, 6.07) is 7.96. The van der Waals surface area contributed by atoms with Gasteiger partial charge in [-0.25, -0.2) is 0 Å². The lowest BCUT2D eigenvalue weighted by Gasteiger charge is -2.07. The predicted molar refractivity (Wildman–Crippen MR) is 64.5 cm³/mol. The second kappa shape index (κ2) is 7.51. The molecule has 0 aromatic heterocycles. The minimum absolute atomic E-state index is 0.0893. The van der Waals surface area contributed by atoms with Gasteiger partial charge in [0.1, 0.15) is 19.0 Å². The standard InChI is InChI=1S/C12H11N3O4/c13-5-1-7-18-10-3-4-12(19-8-2-6-14)11(9-10)15(16)17/h3-4,9H,1-2,7-8H2. The number of nitriles is 2. The van der Waals surface area contributed by atoms with Crippen molar-refractivity contribution in [2.24, 2.45) is 0 Å². The predicted octanol–water partition coefficient (Wildman–Crippen LogP) is 2.18. The number of hydrogen-bond acceptors (Lipinski definition) is 6. The summed E-state index contributed by atoms with van der Waals surface area (Å²) in [4.78, 5) is 10.3. The third-order valence-electron chi connectivity index (χ3n) is 2.08. The minimum atomic E-state index is -0.584. The first-order valence-corrected chi connectivity index (χ1v) is 5.47. The maximum atomic E-state index is 10.9. The van der Waals surface area contributed by atoms with Gasteiger partial charge >= 0.3 is 5.69 Å². The van der Waals surface area contributed by atoms with Crippen LogP contribution in [0.3, 0.4) is 0 Å². The highest BCUT2D eigenvalue weighted by atomic mass is 16.6. The van der Waals surface area contributed by atoms with Gasteiger partial charge in [-0.05, 0) is 12.1 Å². The Labute approximate surface area is 109 Å². The molecule has 7 nitrogen and oxygen atoms in total. The Morgan fingerprint density at radius 2 is 1.79 bits per heavy atom. The Balaban J connectivity index is 2.80. The van der Waals surface area contributed by atoms with Crippen molar-refractivity contribution in [3.63, 3.8) is 0 Å². The largest absolute Gasteiger partial charge is 0.492 e. The van der Waals surface area contributed by atoms with Gasteiger partial charge < -0.3 is 9.47 Å². The molecule has 98 valence electrons. The zero-order chi connectivity index (χ0) is 14.1. The Morgan fingerprint density at radius 1 is 1.16 bits per heavy atom. The molecule has 0 aliphatic carbocycles. The van der Waals surface area contributed by atoms with Gasteiger partial charge in [0.2, 0.25) is 0 Å². The number of hydrogen-bond donors (Lipinski definition) is 0. The van der Waals surface area contributed by atoms with Crippen LogP contribution in [0.25, 0.3) is 0 Å². The topological polar surface area (TPSA) is 109 Å². The molecule has 0 unspecified atom stereocenters. The van der Waals surface area contributed by atoms with Crippen LogP contribution in [0.2, 0.25) is 0 Å². The molecule has 1 aromatic rings. The van der Waals surface area contributed by atoms with E-state index in [2.05, 4.69) is 0 Å². The van der Waals surface area contributed by atoms with Crippen molar-refractivity contribution in [2.45, 2.75) is 12.8 Å². The fraction of sp³-hybridized carbons (Fsp3) is 0.333. The van der Waals surface area contributed by atoms with Crippen LogP contribution >= 0.6 is 0 Å². The van der Waals surface area contributed by atoms with Crippen molar-refractivity contribution in [3.05, 3.63) is 28.3 Å². The van der Waals surface area contributed by atoms with Crippen LogP contribution in [0.1, 0.15) is 12.8 Å². The van der Waals surface area contributed by atoms with Gasteiger partial charge in [0.05, 0.1) is 36.0 Å². The van der Waals surface area contributed by atoms with Crippen molar-refractivity contribution >= 4 is 5.69 Å². The second-order valence-electron chi connectivity index (χ2n) is 3.40. The molecule has 0 saturated heterocycles. The van der Waals surface area contributed by atoms with E-state index in [1.165, 1.54) is 18.2 Å². The van der Waals surface area contributed by atoms with E-state index >= 15 is 0 Å². The number of benzene rings is 1. The molecule has 0 radical (unpaired) electrons. The fourth-order valence-corrected chi connectivity index (χ4v) is 1.27. The van der Waals surface area contributed by atoms with Gasteiger partial charge in [-0.2, -0.15) is 10.5 Å². The summed E-state index contributed by atoms with van der Waals surface area (Å²) in [7, 11) is 0. The fourth-order valence-electron chi connectivity index (χ4n) is 1.27. The molecule has 0 bridgehead atoms. The number of nitro groups is 1. The Kier molecular flexibility index (Phi) is 5.64. The molecule has 0 amide bonds. The van der Waals surface area contributed by atoms with E-state index in [0.717, 1.165) is 0 Å². The normalized spacial score (nSPS) is 9.16. The molecule has 7 heteroatoms. The molecule has 0 heterocycles. The average Bonchev–Trinajstić information content (AvgIpc) is 2.40. The Hall–Kier alpha value is -2.80. The summed E-state index contributed by atoms with van der Waals surface area (Å²) in [5, 5.41) is 27.6. The van der Waals surface area contributed by atoms with Crippen LogP contribution < -0.4 is 9.47 Å². The molecule has 0 N–H and O–H groups in total. The lowest BCUT2D eigenvalue weighted by atomic mass is 10.3. The summed E-state index contributed by atoms with van der Waals surface area (Å²) in [5.74, 6) is 0.391. The van der Waals surface area contributed by atoms with Crippen LogP contribution in [0, 0.1) is 32.8 Å². The van der Waals surface area contributed by atoms with Crippen molar-refractivity contribution in [1.29, 1.82) is 10.5 Å². The van der Waals surface area contributed by atoms with E-state index in [-0.39, 0.29) is 37.5 Å². The number of rotatable bonds is 7. The molecule has 0 aliphatic rings. The molecule has 0 saturated carbocycles. The van der Waals surface area contributed by atoms with Crippen LogP contribution in [0.5, 0.6) is 11.5 Å². The van der Waals surface area contributed by atoms with Crippen LogP contribution in [-0.4, -0.2) is 18.1 Å². The maximum Gasteiger partial charge on any atom is 0.314 e. The first-order chi connectivity index (χ1) is 9.19. The molecule has 19 heavy (non-hydrogen) atoms. The van der Waals surface area contributed by atoms with Crippen molar-refractivity contribution in [3.8, 4) is 23.6 Å². The van der Waals surface area contributed by atoms with Gasteiger partial charge in [-0.1, -0.05) is 0 Å². The molecular formula is C12H11N3O4. The molecule has 0 aliphatic heterocycles. The number of nitro benzene ring substituents is 1. The highest BCUT2D eigenvalue weighted by Crippen LogP contribution is 2.31. The van der Waals surface area contributed by atoms with E-state index in [4.69, 9.17) is 20.0 Å². The Bertz CT molecular complexity index is 531. The van der Waals surface area contributed by atoms with Gasteiger partial charge in [-0.3, -0.25) is 10.1 Å². The lowest BCUT2D eigenvalue weighted by molar-refractivity contribution is -0.385. The first-order valence-electron chi connectivity index (χ1n) is 5.47. The monoisotopic (exact) mass is 261 g/mol. The van der Waals surface area contributed by atoms with Crippen LogP contribution in [0.15, 0.2) is 18.2 Å². The van der Waals surface area contributed by atoms with Gasteiger partial charge in [0.15, 0.2) is 5.75 Å². The highest BCUT2D eigenvalue weighted by molar-refractivity contribution is 5.50. The molecule has 1 aromatic carbocycles.